The molecule has 0 saturated carbocycles. The van der Waals surface area contributed by atoms with E-state index in [0.717, 1.165) is 16.7 Å². The van der Waals surface area contributed by atoms with Crippen molar-refractivity contribution in [1.82, 2.24) is 25.8 Å². The van der Waals surface area contributed by atoms with Crippen molar-refractivity contribution in [2.45, 2.75) is 64.6 Å². The molecule has 4 aromatic rings. The summed E-state index contributed by atoms with van der Waals surface area (Å²) in [5.41, 5.74) is 4.76. The molecule has 0 aliphatic carbocycles. The van der Waals surface area contributed by atoms with E-state index < -0.39 is 35.4 Å². The van der Waals surface area contributed by atoms with Gasteiger partial charge in [-0.05, 0) is 53.6 Å². The first-order chi connectivity index (χ1) is 25.5. The van der Waals surface area contributed by atoms with Crippen LogP contribution in [0.5, 0.6) is 0 Å². The highest BCUT2D eigenvalue weighted by atomic mass is 16.2. The van der Waals surface area contributed by atoms with E-state index in [2.05, 4.69) is 40.2 Å². The third-order valence-corrected chi connectivity index (χ3v) is 9.81. The van der Waals surface area contributed by atoms with Gasteiger partial charge in [0.25, 0.3) is 0 Å². The zero-order valence-corrected chi connectivity index (χ0v) is 31.3. The van der Waals surface area contributed by atoms with Crippen LogP contribution in [-0.2, 0) is 25.6 Å². The molecule has 4 aromatic carbocycles. The van der Waals surface area contributed by atoms with Crippen molar-refractivity contribution >= 4 is 23.6 Å². The molecule has 1 aliphatic heterocycles. The fraction of sp³-hybridized carbons (Fsp3) is 0.318. The first-order valence-electron chi connectivity index (χ1n) is 18.3. The number of carbonyl (C=O) groups excluding carboxylic acids is 4. The number of amides is 4. The van der Waals surface area contributed by atoms with Gasteiger partial charge in [-0.1, -0.05) is 136 Å². The standard InChI is InChI=1S/C44H51N5O4/c1-31(45-5)41(51)47-40(44(2,3)4)42(52)46-30-39(50)49-28-27-48(26-25-37(35-17-11-7-12-18-35)36-19-13-8-14-20-36)43(53)38(49)29-32-21-23-34(24-22-32)33-15-9-6-10-16-33/h6-24,27-28,31,37-38,40,45H,25-26,29-30H2,1-5H3,(H,46,52)(H,47,51)/t31-,38-,40+/m0/s1. The zero-order chi connectivity index (χ0) is 38.0. The van der Waals surface area contributed by atoms with Crippen LogP contribution in [-0.4, -0.2) is 71.7 Å². The lowest BCUT2D eigenvalue weighted by Gasteiger charge is -2.37. The number of nitrogens with one attached hydrogen (secondary N) is 3. The van der Waals surface area contributed by atoms with Crippen LogP contribution >= 0.6 is 0 Å². The lowest BCUT2D eigenvalue weighted by molar-refractivity contribution is -0.143. The minimum absolute atomic E-state index is 0.0739. The van der Waals surface area contributed by atoms with E-state index in [0.29, 0.717) is 13.0 Å². The molecule has 0 spiro atoms. The maximum atomic E-state index is 14.4. The molecule has 5 rings (SSSR count). The van der Waals surface area contributed by atoms with Gasteiger partial charge in [-0.25, -0.2) is 0 Å². The second kappa shape index (κ2) is 17.8. The molecule has 9 heteroatoms. The monoisotopic (exact) mass is 713 g/mol. The van der Waals surface area contributed by atoms with E-state index in [-0.39, 0.29) is 30.7 Å². The van der Waals surface area contributed by atoms with Crippen LogP contribution in [0, 0.1) is 5.41 Å². The maximum absolute atomic E-state index is 14.4. The summed E-state index contributed by atoms with van der Waals surface area (Å²) in [6.07, 6.45) is 4.29. The number of rotatable bonds is 14. The van der Waals surface area contributed by atoms with Crippen molar-refractivity contribution < 1.29 is 19.2 Å². The predicted molar refractivity (Wildman–Crippen MR) is 209 cm³/mol. The van der Waals surface area contributed by atoms with E-state index in [1.807, 2.05) is 112 Å². The summed E-state index contributed by atoms with van der Waals surface area (Å²) in [5, 5.41) is 8.43. The molecule has 276 valence electrons. The number of carbonyl (C=O) groups is 4. The molecule has 0 unspecified atom stereocenters. The Morgan fingerprint density at radius 3 is 1.83 bits per heavy atom. The van der Waals surface area contributed by atoms with E-state index in [1.165, 1.54) is 16.0 Å². The Labute approximate surface area is 313 Å². The van der Waals surface area contributed by atoms with Crippen LogP contribution in [0.1, 0.15) is 56.7 Å². The largest absolute Gasteiger partial charge is 0.345 e. The van der Waals surface area contributed by atoms with Crippen molar-refractivity contribution in [3.05, 3.63) is 144 Å². The molecule has 1 aliphatic rings. The number of hydrogen-bond acceptors (Lipinski definition) is 5. The fourth-order valence-electron chi connectivity index (χ4n) is 6.55. The molecule has 0 aromatic heterocycles. The number of hydrogen-bond donors (Lipinski definition) is 3. The SMILES string of the molecule is CN[C@@H](C)C(=O)N[C@H](C(=O)NCC(=O)N1C=CN(CCC(c2ccccc2)c2ccccc2)C(=O)[C@@H]1Cc1ccc(-c2ccccc2)cc1)C(C)(C)C. The Bertz CT molecular complexity index is 1820. The van der Waals surface area contributed by atoms with Gasteiger partial charge in [0.15, 0.2) is 0 Å². The molecule has 4 amide bonds. The summed E-state index contributed by atoms with van der Waals surface area (Å²) in [7, 11) is 1.67. The molecule has 9 nitrogen and oxygen atoms in total. The van der Waals surface area contributed by atoms with Crippen LogP contribution in [0.2, 0.25) is 0 Å². The zero-order valence-electron chi connectivity index (χ0n) is 31.3. The van der Waals surface area contributed by atoms with Crippen LogP contribution in [0.15, 0.2) is 128 Å². The van der Waals surface area contributed by atoms with Crippen LogP contribution in [0.4, 0.5) is 0 Å². The lowest BCUT2D eigenvalue weighted by Crippen LogP contribution is -2.58. The Hall–Kier alpha value is -5.54. The van der Waals surface area contributed by atoms with Crippen LogP contribution in [0.25, 0.3) is 11.1 Å². The van der Waals surface area contributed by atoms with Crippen molar-refractivity contribution in [2.75, 3.05) is 20.1 Å². The van der Waals surface area contributed by atoms with Gasteiger partial charge in [0.05, 0.1) is 12.6 Å². The van der Waals surface area contributed by atoms with Gasteiger partial charge in [0.1, 0.15) is 12.1 Å². The van der Waals surface area contributed by atoms with Gasteiger partial charge in [-0.2, -0.15) is 0 Å². The predicted octanol–water partition coefficient (Wildman–Crippen LogP) is 5.88. The summed E-state index contributed by atoms with van der Waals surface area (Å²) < 4.78 is 0. The quantitative estimate of drug-likeness (QED) is 0.151. The van der Waals surface area contributed by atoms with Gasteiger partial charge in [0, 0.05) is 31.3 Å². The van der Waals surface area contributed by atoms with Gasteiger partial charge in [-0.3, -0.25) is 19.2 Å². The summed E-state index contributed by atoms with van der Waals surface area (Å²) in [6, 6.07) is 36.4. The first kappa shape index (κ1) is 38.7. The Morgan fingerprint density at radius 2 is 1.28 bits per heavy atom. The molecule has 0 fully saturated rings. The number of nitrogens with zero attached hydrogens (tertiary/aromatic N) is 2. The fourth-order valence-corrected chi connectivity index (χ4v) is 6.55. The second-order valence-corrected chi connectivity index (χ2v) is 14.6. The average molecular weight is 714 g/mol. The highest BCUT2D eigenvalue weighted by Crippen LogP contribution is 2.29. The maximum Gasteiger partial charge on any atom is 0.250 e. The van der Waals surface area contributed by atoms with E-state index in [1.54, 1.807) is 31.3 Å². The van der Waals surface area contributed by atoms with Gasteiger partial charge < -0.3 is 25.8 Å². The molecule has 3 N–H and O–H groups in total. The number of benzene rings is 4. The van der Waals surface area contributed by atoms with Crippen LogP contribution < -0.4 is 16.0 Å². The molecule has 3 atom stereocenters. The van der Waals surface area contributed by atoms with Crippen molar-refractivity contribution in [3.63, 3.8) is 0 Å². The summed E-state index contributed by atoms with van der Waals surface area (Å²) >= 11 is 0. The molecular formula is C44H51N5O4. The smallest absolute Gasteiger partial charge is 0.250 e. The van der Waals surface area contributed by atoms with Crippen LogP contribution in [0.3, 0.4) is 0 Å². The van der Waals surface area contributed by atoms with E-state index in [9.17, 15) is 19.2 Å². The Morgan fingerprint density at radius 1 is 0.736 bits per heavy atom. The van der Waals surface area contributed by atoms with Gasteiger partial charge in [0.2, 0.25) is 23.6 Å². The molecule has 1 heterocycles. The minimum atomic E-state index is -0.881. The second-order valence-electron chi connectivity index (χ2n) is 14.6. The third kappa shape index (κ3) is 10.1. The topological polar surface area (TPSA) is 111 Å². The highest BCUT2D eigenvalue weighted by Gasteiger charge is 2.37. The molecule has 53 heavy (non-hydrogen) atoms. The van der Waals surface area contributed by atoms with Gasteiger partial charge >= 0.3 is 0 Å². The highest BCUT2D eigenvalue weighted by molar-refractivity contribution is 5.94. The molecule has 0 bridgehead atoms. The first-order valence-corrected chi connectivity index (χ1v) is 18.3. The minimum Gasteiger partial charge on any atom is -0.345 e. The van der Waals surface area contributed by atoms with E-state index in [4.69, 9.17) is 0 Å². The number of likely N-dealkylation sites (N-methyl/N-ethyl adjacent to an activating group) is 1. The molecular weight excluding hydrogens is 663 g/mol. The van der Waals surface area contributed by atoms with Crippen molar-refractivity contribution in [3.8, 4) is 11.1 Å². The van der Waals surface area contributed by atoms with Crippen molar-refractivity contribution in [2.24, 2.45) is 5.41 Å². The Kier molecular flexibility index (Phi) is 13.0. The lowest BCUT2D eigenvalue weighted by atomic mass is 9.86. The normalized spacial score (nSPS) is 15.6. The van der Waals surface area contributed by atoms with Gasteiger partial charge in [-0.15, -0.1) is 0 Å². The molecule has 0 radical (unpaired) electrons. The molecule has 0 saturated heterocycles. The summed E-state index contributed by atoms with van der Waals surface area (Å²) in [4.78, 5) is 57.5. The summed E-state index contributed by atoms with van der Waals surface area (Å²) in [5.74, 6) is -1.34. The van der Waals surface area contributed by atoms with E-state index >= 15 is 0 Å². The average Bonchev–Trinajstić information content (AvgIpc) is 3.17. The van der Waals surface area contributed by atoms with Crippen molar-refractivity contribution in [1.29, 1.82) is 0 Å². The Balaban J connectivity index is 1.36. The summed E-state index contributed by atoms with van der Waals surface area (Å²) in [6.45, 7) is 7.37. The third-order valence-electron chi connectivity index (χ3n) is 9.81.